The topological polar surface area (TPSA) is 43.6 Å². The van der Waals surface area contributed by atoms with Gasteiger partial charge in [0.15, 0.2) is 0 Å². The highest BCUT2D eigenvalue weighted by Crippen LogP contribution is 2.24. The molecule has 0 spiro atoms. The molecule has 0 N–H and O–H groups in total. The maximum absolute atomic E-state index is 4.02. The van der Waals surface area contributed by atoms with E-state index in [1.54, 1.807) is 16.4 Å². The highest BCUT2D eigenvalue weighted by Gasteiger charge is 2.09. The third-order valence-electron chi connectivity index (χ3n) is 4.50. The summed E-state index contributed by atoms with van der Waals surface area (Å²) in [6.45, 7) is 4.60. The summed E-state index contributed by atoms with van der Waals surface area (Å²) in [5.41, 5.74) is 0. The fourth-order valence-electron chi connectivity index (χ4n) is 3.00. The van der Waals surface area contributed by atoms with Crippen molar-refractivity contribution in [1.29, 1.82) is 0 Å². The Morgan fingerprint density at radius 3 is 2.17 bits per heavy atom. The minimum Gasteiger partial charge on any atom is -0.224 e. The van der Waals surface area contributed by atoms with Gasteiger partial charge in [-0.3, -0.25) is 0 Å². The number of unbranched alkanes of at least 4 members (excludes halogenated alkanes) is 6. The van der Waals surface area contributed by atoms with E-state index < -0.39 is 0 Å². The molecule has 1 aromatic heterocycles. The van der Waals surface area contributed by atoms with Gasteiger partial charge in [-0.15, -0.1) is 5.10 Å². The second-order valence-corrected chi connectivity index (χ2v) is 7.70. The van der Waals surface area contributed by atoms with Crippen molar-refractivity contribution in [3.63, 3.8) is 0 Å². The first-order valence-electron chi connectivity index (χ1n) is 9.63. The number of hydrogen-bond donors (Lipinski definition) is 0. The average Bonchev–Trinajstić information content (AvgIpc) is 2.96. The molecule has 1 unspecified atom stereocenters. The van der Waals surface area contributed by atoms with Crippen molar-refractivity contribution in [1.82, 2.24) is 20.2 Å². The van der Waals surface area contributed by atoms with Crippen LogP contribution < -0.4 is 0 Å². The van der Waals surface area contributed by atoms with E-state index in [9.17, 15) is 0 Å². The van der Waals surface area contributed by atoms with E-state index in [1.807, 2.05) is 7.05 Å². The van der Waals surface area contributed by atoms with Gasteiger partial charge in [0.2, 0.25) is 5.16 Å². The molecule has 0 saturated carbocycles. The third-order valence-corrected chi connectivity index (χ3v) is 5.60. The van der Waals surface area contributed by atoms with E-state index in [1.165, 1.54) is 77.0 Å². The van der Waals surface area contributed by atoms with Gasteiger partial charge in [-0.25, -0.2) is 4.68 Å². The Bertz CT molecular complexity index is 381. The van der Waals surface area contributed by atoms with Crippen LogP contribution >= 0.6 is 11.8 Å². The van der Waals surface area contributed by atoms with Crippen LogP contribution in [0.25, 0.3) is 0 Å². The van der Waals surface area contributed by atoms with Crippen LogP contribution in [-0.4, -0.2) is 26.0 Å². The molecule has 0 aliphatic carbocycles. The summed E-state index contributed by atoms with van der Waals surface area (Å²) < 4.78 is 1.75. The molecular formula is C18H36N4S. The van der Waals surface area contributed by atoms with Crippen LogP contribution in [-0.2, 0) is 7.05 Å². The van der Waals surface area contributed by atoms with Gasteiger partial charge in [0.05, 0.1) is 0 Å². The summed E-state index contributed by atoms with van der Waals surface area (Å²) >= 11 is 1.78. The van der Waals surface area contributed by atoms with Crippen molar-refractivity contribution < 1.29 is 0 Å². The first kappa shape index (κ1) is 20.5. The van der Waals surface area contributed by atoms with Crippen LogP contribution in [0.4, 0.5) is 0 Å². The minimum absolute atomic E-state index is 0.934. The molecule has 0 aliphatic heterocycles. The van der Waals surface area contributed by atoms with Crippen molar-refractivity contribution in [2.45, 2.75) is 96.1 Å². The maximum atomic E-state index is 4.02. The van der Waals surface area contributed by atoms with Crippen LogP contribution in [0, 0.1) is 5.92 Å². The minimum atomic E-state index is 0.934. The Hall–Kier alpha value is -0.580. The van der Waals surface area contributed by atoms with Crippen LogP contribution in [0.3, 0.4) is 0 Å². The molecular weight excluding hydrogens is 304 g/mol. The number of tetrazole rings is 1. The van der Waals surface area contributed by atoms with E-state index >= 15 is 0 Å². The first-order chi connectivity index (χ1) is 11.3. The molecule has 0 bridgehead atoms. The second kappa shape index (κ2) is 13.8. The van der Waals surface area contributed by atoms with Gasteiger partial charge < -0.3 is 0 Å². The number of thioether (sulfide) groups is 1. The van der Waals surface area contributed by atoms with Crippen LogP contribution in [0.1, 0.15) is 90.9 Å². The summed E-state index contributed by atoms with van der Waals surface area (Å²) in [7, 11) is 1.90. The fraction of sp³-hybridized carbons (Fsp3) is 0.944. The molecule has 0 aromatic carbocycles. The van der Waals surface area contributed by atoms with Crippen LogP contribution in [0.15, 0.2) is 5.16 Å². The molecule has 0 amide bonds. The molecule has 1 atom stereocenters. The molecule has 0 radical (unpaired) electrons. The lowest BCUT2D eigenvalue weighted by Crippen LogP contribution is -2.02. The Balaban J connectivity index is 2.10. The van der Waals surface area contributed by atoms with Crippen molar-refractivity contribution in [2.75, 3.05) is 5.75 Å². The van der Waals surface area contributed by atoms with Crippen molar-refractivity contribution in [3.8, 4) is 0 Å². The predicted octanol–water partition coefficient (Wildman–Crippen LogP) is 5.64. The SMILES string of the molecule is CCCCCCCC(CCCC)CCCCSc1nnnn1C. The van der Waals surface area contributed by atoms with Gasteiger partial charge in [0.1, 0.15) is 0 Å². The number of nitrogens with zero attached hydrogens (tertiary/aromatic N) is 4. The molecule has 1 rings (SSSR count). The van der Waals surface area contributed by atoms with Gasteiger partial charge >= 0.3 is 0 Å². The zero-order valence-corrected chi connectivity index (χ0v) is 16.3. The quantitative estimate of drug-likeness (QED) is 0.306. The molecule has 4 nitrogen and oxygen atoms in total. The lowest BCUT2D eigenvalue weighted by Gasteiger charge is -2.16. The van der Waals surface area contributed by atoms with Crippen molar-refractivity contribution >= 4 is 11.8 Å². The molecule has 0 fully saturated rings. The molecule has 134 valence electrons. The number of aryl methyl sites for hydroxylation is 1. The lowest BCUT2D eigenvalue weighted by atomic mass is 9.90. The van der Waals surface area contributed by atoms with Crippen LogP contribution in [0.2, 0.25) is 0 Å². The van der Waals surface area contributed by atoms with Gasteiger partial charge in [-0.2, -0.15) is 0 Å². The summed E-state index contributed by atoms with van der Waals surface area (Å²) in [6, 6.07) is 0. The normalized spacial score (nSPS) is 12.7. The Morgan fingerprint density at radius 1 is 0.870 bits per heavy atom. The van der Waals surface area contributed by atoms with E-state index in [2.05, 4.69) is 29.4 Å². The van der Waals surface area contributed by atoms with E-state index in [4.69, 9.17) is 0 Å². The number of hydrogen-bond acceptors (Lipinski definition) is 4. The van der Waals surface area contributed by atoms with Gasteiger partial charge in [0.25, 0.3) is 0 Å². The Labute approximate surface area is 147 Å². The number of rotatable bonds is 15. The summed E-state index contributed by atoms with van der Waals surface area (Å²) in [5.74, 6) is 2.09. The Kier molecular flexibility index (Phi) is 12.3. The molecule has 0 aliphatic rings. The summed E-state index contributed by atoms with van der Waals surface area (Å²) in [6.07, 6.45) is 16.7. The number of aromatic nitrogens is 4. The highest BCUT2D eigenvalue weighted by molar-refractivity contribution is 7.99. The predicted molar refractivity (Wildman–Crippen MR) is 99.8 cm³/mol. The molecule has 1 heterocycles. The molecule has 1 aromatic rings. The van der Waals surface area contributed by atoms with Gasteiger partial charge in [-0.1, -0.05) is 96.2 Å². The van der Waals surface area contributed by atoms with Gasteiger partial charge in [-0.05, 0) is 22.8 Å². The van der Waals surface area contributed by atoms with Crippen molar-refractivity contribution in [2.24, 2.45) is 13.0 Å². The molecule has 0 saturated heterocycles. The highest BCUT2D eigenvalue weighted by atomic mass is 32.2. The second-order valence-electron chi connectivity index (χ2n) is 6.64. The zero-order valence-electron chi connectivity index (χ0n) is 15.5. The monoisotopic (exact) mass is 340 g/mol. The largest absolute Gasteiger partial charge is 0.224 e. The smallest absolute Gasteiger partial charge is 0.209 e. The Morgan fingerprint density at radius 2 is 1.52 bits per heavy atom. The maximum Gasteiger partial charge on any atom is 0.209 e. The summed E-state index contributed by atoms with van der Waals surface area (Å²) in [4.78, 5) is 0. The van der Waals surface area contributed by atoms with E-state index in [0.29, 0.717) is 0 Å². The lowest BCUT2D eigenvalue weighted by molar-refractivity contribution is 0.377. The van der Waals surface area contributed by atoms with E-state index in [0.717, 1.165) is 16.8 Å². The molecule has 23 heavy (non-hydrogen) atoms. The van der Waals surface area contributed by atoms with Crippen molar-refractivity contribution in [3.05, 3.63) is 0 Å². The third kappa shape index (κ3) is 10.0. The standard InChI is InChI=1S/C18H36N4S/c1-4-6-8-9-10-14-17(13-7-5-2)15-11-12-16-23-18-19-20-21-22(18)3/h17H,4-16H2,1-3H3. The average molecular weight is 341 g/mol. The zero-order chi connectivity index (χ0) is 16.8. The molecule has 5 heteroatoms. The first-order valence-corrected chi connectivity index (χ1v) is 10.6. The van der Waals surface area contributed by atoms with Crippen LogP contribution in [0.5, 0.6) is 0 Å². The fourth-order valence-corrected chi connectivity index (χ4v) is 3.85. The van der Waals surface area contributed by atoms with Gasteiger partial charge in [0, 0.05) is 12.8 Å². The van der Waals surface area contributed by atoms with E-state index in [-0.39, 0.29) is 0 Å². The summed E-state index contributed by atoms with van der Waals surface area (Å²) in [5, 5.41) is 12.5.